The van der Waals surface area contributed by atoms with E-state index in [1.165, 1.54) is 18.2 Å². The van der Waals surface area contributed by atoms with E-state index in [9.17, 15) is 9.18 Å². The summed E-state index contributed by atoms with van der Waals surface area (Å²) in [7, 11) is 1.57. The summed E-state index contributed by atoms with van der Waals surface area (Å²) in [5, 5.41) is 2.60. The minimum atomic E-state index is -0.546. The van der Waals surface area contributed by atoms with Crippen molar-refractivity contribution in [1.29, 1.82) is 0 Å². The predicted octanol–water partition coefficient (Wildman–Crippen LogP) is 4.52. The second-order valence-electron chi connectivity index (χ2n) is 4.56. The van der Waals surface area contributed by atoms with Crippen molar-refractivity contribution in [2.45, 2.75) is 0 Å². The molecule has 0 fully saturated rings. The molecule has 7 heteroatoms. The van der Waals surface area contributed by atoms with Gasteiger partial charge in [0.15, 0.2) is 0 Å². The van der Waals surface area contributed by atoms with Crippen LogP contribution >= 0.6 is 27.5 Å². The molecule has 2 aromatic carbocycles. The molecule has 0 aliphatic heterocycles. The monoisotopic (exact) mass is 401 g/mol. The molecule has 2 rings (SSSR count). The summed E-state index contributed by atoms with van der Waals surface area (Å²) >= 11 is 9.03. The van der Waals surface area contributed by atoms with E-state index < -0.39 is 5.82 Å². The third kappa shape index (κ3) is 4.92. The quantitative estimate of drug-likeness (QED) is 0.723. The Labute approximate surface area is 146 Å². The van der Waals surface area contributed by atoms with Gasteiger partial charge < -0.3 is 14.8 Å². The summed E-state index contributed by atoms with van der Waals surface area (Å²) in [6.07, 6.45) is 0. The average molecular weight is 403 g/mol. The van der Waals surface area contributed by atoms with Crippen LogP contribution in [0, 0.1) is 5.82 Å². The summed E-state index contributed by atoms with van der Waals surface area (Å²) in [5.74, 6) is -0.506. The number of rotatable bonds is 6. The maximum Gasteiger partial charge on any atom is 0.259 e. The van der Waals surface area contributed by atoms with Crippen molar-refractivity contribution in [3.8, 4) is 5.75 Å². The molecule has 1 N–H and O–H groups in total. The highest BCUT2D eigenvalue weighted by Gasteiger charge is 2.14. The number of carbonyl (C=O) groups excluding carboxylic acids is 1. The van der Waals surface area contributed by atoms with Gasteiger partial charge in [-0.25, -0.2) is 4.39 Å². The van der Waals surface area contributed by atoms with E-state index in [2.05, 4.69) is 21.2 Å². The van der Waals surface area contributed by atoms with E-state index in [0.29, 0.717) is 30.2 Å². The Morgan fingerprint density at radius 2 is 2.04 bits per heavy atom. The SMILES string of the molecule is COCCOc1ccc(Br)cc1C(=O)Nc1ccc(F)c(Cl)c1. The fraction of sp³-hybridized carbons (Fsp3) is 0.188. The van der Waals surface area contributed by atoms with E-state index in [4.69, 9.17) is 21.1 Å². The molecule has 0 bridgehead atoms. The van der Waals surface area contributed by atoms with Crippen molar-refractivity contribution in [2.75, 3.05) is 25.6 Å². The van der Waals surface area contributed by atoms with Crippen LogP contribution in [0.3, 0.4) is 0 Å². The average Bonchev–Trinajstić information content (AvgIpc) is 2.52. The third-order valence-corrected chi connectivity index (χ3v) is 3.69. The molecule has 0 aliphatic carbocycles. The van der Waals surface area contributed by atoms with E-state index in [1.807, 2.05) is 0 Å². The van der Waals surface area contributed by atoms with Crippen LogP contribution in [0.5, 0.6) is 5.75 Å². The van der Waals surface area contributed by atoms with Gasteiger partial charge in [-0.05, 0) is 36.4 Å². The standard InChI is InChI=1S/C16H14BrClFNO3/c1-22-6-7-23-15-5-2-10(17)8-12(15)16(21)20-11-3-4-14(19)13(18)9-11/h2-5,8-9H,6-7H2,1H3,(H,20,21). The van der Waals surface area contributed by atoms with Gasteiger partial charge >= 0.3 is 0 Å². The Kier molecular flexibility index (Phi) is 6.38. The number of ether oxygens (including phenoxy) is 2. The van der Waals surface area contributed by atoms with Gasteiger partial charge in [0.25, 0.3) is 5.91 Å². The molecule has 0 unspecified atom stereocenters. The van der Waals surface area contributed by atoms with E-state index in [-0.39, 0.29) is 10.9 Å². The second kappa shape index (κ2) is 8.29. The number of benzene rings is 2. The smallest absolute Gasteiger partial charge is 0.259 e. The Hall–Kier alpha value is -1.63. The van der Waals surface area contributed by atoms with Crippen molar-refractivity contribution in [3.63, 3.8) is 0 Å². The van der Waals surface area contributed by atoms with Gasteiger partial charge in [-0.2, -0.15) is 0 Å². The van der Waals surface area contributed by atoms with Crippen molar-refractivity contribution in [3.05, 3.63) is 57.3 Å². The van der Waals surface area contributed by atoms with Gasteiger partial charge in [0.1, 0.15) is 18.2 Å². The summed E-state index contributed by atoms with van der Waals surface area (Å²) in [6.45, 7) is 0.728. The first-order valence-electron chi connectivity index (χ1n) is 6.69. The predicted molar refractivity (Wildman–Crippen MR) is 90.9 cm³/mol. The highest BCUT2D eigenvalue weighted by atomic mass is 79.9. The maximum absolute atomic E-state index is 13.2. The van der Waals surface area contributed by atoms with Gasteiger partial charge in [-0.15, -0.1) is 0 Å². The second-order valence-corrected chi connectivity index (χ2v) is 5.89. The van der Waals surface area contributed by atoms with Crippen molar-refractivity contribution >= 4 is 39.1 Å². The van der Waals surface area contributed by atoms with Crippen LogP contribution in [0.2, 0.25) is 5.02 Å². The molecule has 1 amide bonds. The van der Waals surface area contributed by atoms with Crippen LogP contribution in [-0.2, 0) is 4.74 Å². The molecule has 0 aliphatic rings. The first kappa shape index (κ1) is 17.7. The molecule has 0 saturated heterocycles. The van der Waals surface area contributed by atoms with Gasteiger partial charge in [0, 0.05) is 17.3 Å². The van der Waals surface area contributed by atoms with E-state index >= 15 is 0 Å². The Morgan fingerprint density at radius 3 is 2.74 bits per heavy atom. The molecule has 2 aromatic rings. The molecule has 122 valence electrons. The van der Waals surface area contributed by atoms with Crippen LogP contribution in [-0.4, -0.2) is 26.2 Å². The topological polar surface area (TPSA) is 47.6 Å². The van der Waals surface area contributed by atoms with Crippen LogP contribution in [0.4, 0.5) is 10.1 Å². The minimum absolute atomic E-state index is 0.0615. The van der Waals surface area contributed by atoms with Gasteiger partial charge in [0.2, 0.25) is 0 Å². The van der Waals surface area contributed by atoms with Crippen LogP contribution < -0.4 is 10.1 Å². The highest BCUT2D eigenvalue weighted by molar-refractivity contribution is 9.10. The Balaban J connectivity index is 2.19. The molecule has 0 saturated carbocycles. The summed E-state index contributed by atoms with van der Waals surface area (Å²) in [4.78, 5) is 12.4. The molecule has 4 nitrogen and oxygen atoms in total. The summed E-state index contributed by atoms with van der Waals surface area (Å²) in [5.41, 5.74) is 0.736. The largest absolute Gasteiger partial charge is 0.490 e. The number of anilines is 1. The fourth-order valence-corrected chi connectivity index (χ4v) is 2.35. The lowest BCUT2D eigenvalue weighted by Crippen LogP contribution is -2.15. The third-order valence-electron chi connectivity index (χ3n) is 2.91. The lowest BCUT2D eigenvalue weighted by molar-refractivity contribution is 0.101. The molecule has 0 aromatic heterocycles. The van der Waals surface area contributed by atoms with Gasteiger partial charge in [-0.1, -0.05) is 27.5 Å². The minimum Gasteiger partial charge on any atom is -0.490 e. The number of amides is 1. The molecule has 0 spiro atoms. The molecule has 0 atom stereocenters. The number of hydrogen-bond donors (Lipinski definition) is 1. The lowest BCUT2D eigenvalue weighted by atomic mass is 10.2. The Bertz CT molecular complexity index is 712. The van der Waals surface area contributed by atoms with E-state index in [0.717, 1.165) is 4.47 Å². The fourth-order valence-electron chi connectivity index (χ4n) is 1.81. The first-order valence-corrected chi connectivity index (χ1v) is 7.86. The normalized spacial score (nSPS) is 10.4. The van der Waals surface area contributed by atoms with E-state index in [1.54, 1.807) is 25.3 Å². The number of hydrogen-bond acceptors (Lipinski definition) is 3. The van der Waals surface area contributed by atoms with Crippen LogP contribution in [0.1, 0.15) is 10.4 Å². The molecular weight excluding hydrogens is 389 g/mol. The van der Waals surface area contributed by atoms with Crippen molar-refractivity contribution in [2.24, 2.45) is 0 Å². The maximum atomic E-state index is 13.2. The molecule has 0 heterocycles. The molecule has 23 heavy (non-hydrogen) atoms. The number of methoxy groups -OCH3 is 1. The molecule has 0 radical (unpaired) electrons. The van der Waals surface area contributed by atoms with Crippen LogP contribution in [0.25, 0.3) is 0 Å². The summed E-state index contributed by atoms with van der Waals surface area (Å²) < 4.78 is 24.4. The van der Waals surface area contributed by atoms with Gasteiger partial charge in [0.05, 0.1) is 17.2 Å². The zero-order valence-corrected chi connectivity index (χ0v) is 14.6. The number of halogens is 3. The van der Waals surface area contributed by atoms with Gasteiger partial charge in [-0.3, -0.25) is 4.79 Å². The summed E-state index contributed by atoms with van der Waals surface area (Å²) in [6, 6.07) is 9.07. The Morgan fingerprint density at radius 1 is 1.26 bits per heavy atom. The lowest BCUT2D eigenvalue weighted by Gasteiger charge is -2.12. The number of nitrogens with one attached hydrogen (secondary N) is 1. The highest BCUT2D eigenvalue weighted by Crippen LogP contribution is 2.25. The first-order chi connectivity index (χ1) is 11.0. The van der Waals surface area contributed by atoms with Crippen molar-refractivity contribution < 1.29 is 18.7 Å². The van der Waals surface area contributed by atoms with Crippen molar-refractivity contribution in [1.82, 2.24) is 0 Å². The van der Waals surface area contributed by atoms with Crippen LogP contribution in [0.15, 0.2) is 40.9 Å². The number of carbonyl (C=O) groups is 1. The molecular formula is C16H14BrClFNO3. The zero-order valence-electron chi connectivity index (χ0n) is 12.2. The zero-order chi connectivity index (χ0) is 16.8.